The van der Waals surface area contributed by atoms with Gasteiger partial charge in [0, 0.05) is 17.7 Å². The standard InChI is InChI=1S/C5H11NS.2C2H6/c1-5-3-7-4-6(5)2;2*1-2/h5H,3-4H2,1-2H3;2*1-2H3. The smallest absolute Gasteiger partial charge is 0.0444 e. The molecular weight excluding hydrogens is 154 g/mol. The van der Waals surface area contributed by atoms with Crippen molar-refractivity contribution >= 4 is 11.8 Å². The predicted molar refractivity (Wildman–Crippen MR) is 57.2 cm³/mol. The first-order valence-corrected chi connectivity index (χ1v) is 5.74. The average molecular weight is 177 g/mol. The van der Waals surface area contributed by atoms with E-state index in [1.807, 2.05) is 39.5 Å². The fourth-order valence-electron chi connectivity index (χ4n) is 0.622. The van der Waals surface area contributed by atoms with Crippen molar-refractivity contribution < 1.29 is 0 Å². The van der Waals surface area contributed by atoms with Gasteiger partial charge in [0.1, 0.15) is 0 Å². The van der Waals surface area contributed by atoms with E-state index in [0.29, 0.717) is 0 Å². The van der Waals surface area contributed by atoms with Gasteiger partial charge >= 0.3 is 0 Å². The minimum absolute atomic E-state index is 0.810. The lowest BCUT2D eigenvalue weighted by Crippen LogP contribution is -2.22. The fourth-order valence-corrected chi connectivity index (χ4v) is 1.87. The molecule has 0 radical (unpaired) electrons. The third-order valence-electron chi connectivity index (χ3n) is 1.41. The second-order valence-corrected chi connectivity index (χ2v) is 3.11. The second-order valence-electron chi connectivity index (χ2n) is 2.11. The van der Waals surface area contributed by atoms with Crippen molar-refractivity contribution in [2.45, 2.75) is 40.7 Å². The van der Waals surface area contributed by atoms with Gasteiger partial charge in [-0.15, -0.1) is 11.8 Å². The Labute approximate surface area is 76.5 Å². The third kappa shape index (κ3) is 6.70. The number of rotatable bonds is 0. The molecule has 1 nitrogen and oxygen atoms in total. The molecule has 0 amide bonds. The van der Waals surface area contributed by atoms with Crippen LogP contribution >= 0.6 is 11.8 Å². The normalized spacial score (nSPS) is 22.9. The first-order chi connectivity index (χ1) is 5.30. The first-order valence-electron chi connectivity index (χ1n) is 4.58. The monoisotopic (exact) mass is 177 g/mol. The van der Waals surface area contributed by atoms with Crippen LogP contribution in [-0.2, 0) is 0 Å². The highest BCUT2D eigenvalue weighted by Gasteiger charge is 2.14. The third-order valence-corrected chi connectivity index (χ3v) is 2.71. The molecule has 11 heavy (non-hydrogen) atoms. The van der Waals surface area contributed by atoms with E-state index in [9.17, 15) is 0 Å². The summed E-state index contributed by atoms with van der Waals surface area (Å²) in [6.45, 7) is 10.3. The van der Waals surface area contributed by atoms with Gasteiger partial charge in [-0.25, -0.2) is 0 Å². The highest BCUT2D eigenvalue weighted by molar-refractivity contribution is 7.99. The van der Waals surface area contributed by atoms with Crippen LogP contribution in [0.15, 0.2) is 0 Å². The van der Waals surface area contributed by atoms with E-state index in [2.05, 4.69) is 18.9 Å². The molecule has 0 N–H and O–H groups in total. The van der Waals surface area contributed by atoms with Crippen molar-refractivity contribution in [1.29, 1.82) is 0 Å². The van der Waals surface area contributed by atoms with Gasteiger partial charge in [0.25, 0.3) is 0 Å². The molecule has 0 aromatic rings. The van der Waals surface area contributed by atoms with Crippen molar-refractivity contribution in [1.82, 2.24) is 4.90 Å². The van der Waals surface area contributed by atoms with E-state index in [1.54, 1.807) is 0 Å². The summed E-state index contributed by atoms with van der Waals surface area (Å²) < 4.78 is 0. The Hall–Kier alpha value is 0.310. The molecule has 1 heterocycles. The lowest BCUT2D eigenvalue weighted by atomic mass is 10.4. The van der Waals surface area contributed by atoms with Crippen LogP contribution in [0.2, 0.25) is 0 Å². The molecule has 1 aliphatic rings. The maximum Gasteiger partial charge on any atom is 0.0444 e. The van der Waals surface area contributed by atoms with E-state index >= 15 is 0 Å². The molecule has 1 fully saturated rings. The molecular formula is C9H23NS. The van der Waals surface area contributed by atoms with E-state index in [-0.39, 0.29) is 0 Å². The second kappa shape index (κ2) is 10.3. The van der Waals surface area contributed by atoms with Crippen LogP contribution in [0, 0.1) is 0 Å². The summed E-state index contributed by atoms with van der Waals surface area (Å²) in [4.78, 5) is 2.37. The van der Waals surface area contributed by atoms with E-state index < -0.39 is 0 Å². The Kier molecular flexibility index (Phi) is 13.0. The molecule has 70 valence electrons. The summed E-state index contributed by atoms with van der Waals surface area (Å²) in [6.07, 6.45) is 0. The zero-order valence-electron chi connectivity index (χ0n) is 8.85. The topological polar surface area (TPSA) is 3.24 Å². The van der Waals surface area contributed by atoms with E-state index in [0.717, 1.165) is 6.04 Å². The SMILES string of the molecule is CC.CC.CC1CSCN1C. The average Bonchev–Trinajstić information content (AvgIpc) is 2.44. The van der Waals surface area contributed by atoms with Crippen molar-refractivity contribution in [3.8, 4) is 0 Å². The Morgan fingerprint density at radius 2 is 1.64 bits per heavy atom. The summed E-state index contributed by atoms with van der Waals surface area (Å²) in [6, 6.07) is 0.810. The van der Waals surface area contributed by atoms with Crippen LogP contribution < -0.4 is 0 Å². The Bertz CT molecular complexity index is 58.6. The van der Waals surface area contributed by atoms with Gasteiger partial charge in [0.15, 0.2) is 0 Å². The number of hydrogen-bond acceptors (Lipinski definition) is 2. The van der Waals surface area contributed by atoms with E-state index in [1.165, 1.54) is 11.6 Å². The van der Waals surface area contributed by atoms with Crippen molar-refractivity contribution in [2.24, 2.45) is 0 Å². The lowest BCUT2D eigenvalue weighted by molar-refractivity contribution is 0.344. The molecule has 0 bridgehead atoms. The number of thioether (sulfide) groups is 1. The maximum absolute atomic E-state index is 2.37. The van der Waals surface area contributed by atoms with Gasteiger partial charge in [0.2, 0.25) is 0 Å². The molecule has 1 rings (SSSR count). The van der Waals surface area contributed by atoms with Crippen LogP contribution in [0.4, 0.5) is 0 Å². The van der Waals surface area contributed by atoms with E-state index in [4.69, 9.17) is 0 Å². The minimum Gasteiger partial charge on any atom is -0.294 e. The quantitative estimate of drug-likeness (QED) is 0.559. The van der Waals surface area contributed by atoms with Crippen molar-refractivity contribution in [3.05, 3.63) is 0 Å². The molecule has 0 saturated carbocycles. The summed E-state index contributed by atoms with van der Waals surface area (Å²) in [5.74, 6) is 2.54. The van der Waals surface area contributed by atoms with Crippen LogP contribution in [0.25, 0.3) is 0 Å². The highest BCUT2D eigenvalue weighted by atomic mass is 32.2. The zero-order valence-corrected chi connectivity index (χ0v) is 9.66. The first kappa shape index (κ1) is 13.9. The highest BCUT2D eigenvalue weighted by Crippen LogP contribution is 2.16. The fraction of sp³-hybridized carbons (Fsp3) is 1.00. The predicted octanol–water partition coefficient (Wildman–Crippen LogP) is 3.06. The lowest BCUT2D eigenvalue weighted by Gasteiger charge is -2.10. The molecule has 0 aromatic heterocycles. The zero-order chi connectivity index (χ0) is 9.28. The molecule has 2 heteroatoms. The van der Waals surface area contributed by atoms with Gasteiger partial charge < -0.3 is 0 Å². The molecule has 1 aliphatic heterocycles. The summed E-state index contributed by atoms with van der Waals surface area (Å²) in [5.41, 5.74) is 0. The Morgan fingerprint density at radius 3 is 1.73 bits per heavy atom. The molecule has 0 aromatic carbocycles. The maximum atomic E-state index is 2.37. The van der Waals surface area contributed by atoms with Gasteiger partial charge in [-0.05, 0) is 14.0 Å². The Morgan fingerprint density at radius 1 is 1.18 bits per heavy atom. The number of nitrogens with zero attached hydrogens (tertiary/aromatic N) is 1. The molecule has 1 atom stereocenters. The van der Waals surface area contributed by atoms with Crippen molar-refractivity contribution in [3.63, 3.8) is 0 Å². The molecule has 0 aliphatic carbocycles. The van der Waals surface area contributed by atoms with Crippen LogP contribution in [-0.4, -0.2) is 29.6 Å². The summed E-state index contributed by atoms with van der Waals surface area (Å²) in [5, 5.41) is 0. The van der Waals surface area contributed by atoms with Gasteiger partial charge in [-0.2, -0.15) is 0 Å². The molecule has 1 saturated heterocycles. The van der Waals surface area contributed by atoms with Gasteiger partial charge in [-0.3, -0.25) is 4.90 Å². The van der Waals surface area contributed by atoms with Crippen LogP contribution in [0.3, 0.4) is 0 Å². The van der Waals surface area contributed by atoms with Gasteiger partial charge in [0.05, 0.1) is 0 Å². The molecule has 1 unspecified atom stereocenters. The Balaban J connectivity index is 0. The number of hydrogen-bond donors (Lipinski definition) is 0. The molecule has 0 spiro atoms. The summed E-state index contributed by atoms with van der Waals surface area (Å²) >= 11 is 2.02. The van der Waals surface area contributed by atoms with Gasteiger partial charge in [-0.1, -0.05) is 27.7 Å². The summed E-state index contributed by atoms with van der Waals surface area (Å²) in [7, 11) is 2.17. The van der Waals surface area contributed by atoms with Crippen molar-refractivity contribution in [2.75, 3.05) is 18.7 Å². The largest absolute Gasteiger partial charge is 0.294 e. The van der Waals surface area contributed by atoms with Crippen LogP contribution in [0.5, 0.6) is 0 Å². The minimum atomic E-state index is 0.810. The van der Waals surface area contributed by atoms with Crippen LogP contribution in [0.1, 0.15) is 34.6 Å².